The molecule has 0 saturated carbocycles. The van der Waals surface area contributed by atoms with Gasteiger partial charge in [-0.3, -0.25) is 0 Å². The number of nitrogens with one attached hydrogen (secondary N) is 1. The van der Waals surface area contributed by atoms with Gasteiger partial charge in [0.15, 0.2) is 0 Å². The zero-order valence-electron chi connectivity index (χ0n) is 11.3. The smallest absolute Gasteiger partial charge is 0.126 e. The molecule has 102 valence electrons. The van der Waals surface area contributed by atoms with Crippen LogP contribution in [0.15, 0.2) is 28.7 Å². The molecule has 2 rings (SSSR count). The molecule has 19 heavy (non-hydrogen) atoms. The van der Waals surface area contributed by atoms with Gasteiger partial charge in [-0.05, 0) is 62.7 Å². The number of benzene rings is 1. The van der Waals surface area contributed by atoms with E-state index in [-0.39, 0.29) is 11.9 Å². The average molecular weight is 342 g/mol. The summed E-state index contributed by atoms with van der Waals surface area (Å²) in [6.07, 6.45) is 0.654. The van der Waals surface area contributed by atoms with Crippen molar-refractivity contribution in [2.45, 2.75) is 26.3 Å². The van der Waals surface area contributed by atoms with Gasteiger partial charge >= 0.3 is 0 Å². The summed E-state index contributed by atoms with van der Waals surface area (Å²) in [5.74, 6) is -0.145. The minimum Gasteiger partial charge on any atom is -0.312 e. The van der Waals surface area contributed by atoms with Gasteiger partial charge in [0, 0.05) is 20.3 Å². The lowest BCUT2D eigenvalue weighted by atomic mass is 10.0. The van der Waals surface area contributed by atoms with Crippen LogP contribution < -0.4 is 5.32 Å². The first-order valence-corrected chi connectivity index (χ1v) is 7.80. The van der Waals surface area contributed by atoms with Crippen molar-refractivity contribution >= 4 is 27.3 Å². The zero-order chi connectivity index (χ0) is 14.0. The SMILES string of the molecule is CNC(Cc1cc(Br)ccc1F)c1cc(C)c(C)s1. The number of likely N-dealkylation sites (N-methyl/N-ethyl adjacent to an activating group) is 1. The Morgan fingerprint density at radius 3 is 2.63 bits per heavy atom. The minimum atomic E-state index is -0.145. The number of aryl methyl sites for hydroxylation is 2. The molecule has 1 aromatic heterocycles. The van der Waals surface area contributed by atoms with Crippen molar-refractivity contribution in [1.82, 2.24) is 5.32 Å². The Bertz CT molecular complexity index is 560. The fraction of sp³-hybridized carbons (Fsp3) is 0.333. The van der Waals surface area contributed by atoms with Crippen LogP contribution in [-0.2, 0) is 6.42 Å². The first-order chi connectivity index (χ1) is 9.01. The lowest BCUT2D eigenvalue weighted by molar-refractivity contribution is 0.559. The van der Waals surface area contributed by atoms with Crippen LogP contribution in [-0.4, -0.2) is 7.05 Å². The summed E-state index contributed by atoms with van der Waals surface area (Å²) in [6.45, 7) is 4.23. The van der Waals surface area contributed by atoms with E-state index in [4.69, 9.17) is 0 Å². The van der Waals surface area contributed by atoms with E-state index >= 15 is 0 Å². The molecule has 1 nitrogen and oxygen atoms in total. The van der Waals surface area contributed by atoms with Gasteiger partial charge in [-0.25, -0.2) is 4.39 Å². The topological polar surface area (TPSA) is 12.0 Å². The highest BCUT2D eigenvalue weighted by Crippen LogP contribution is 2.29. The Balaban J connectivity index is 2.26. The molecule has 0 aliphatic rings. The average Bonchev–Trinajstić information content (AvgIpc) is 2.70. The summed E-state index contributed by atoms with van der Waals surface area (Å²) in [7, 11) is 1.92. The standard InChI is InChI=1S/C15H17BrFNS/c1-9-6-15(19-10(9)2)14(18-3)8-11-7-12(16)4-5-13(11)17/h4-7,14,18H,8H2,1-3H3. The van der Waals surface area contributed by atoms with Gasteiger partial charge in [-0.1, -0.05) is 15.9 Å². The van der Waals surface area contributed by atoms with E-state index in [1.807, 2.05) is 13.1 Å². The molecule has 1 N–H and O–H groups in total. The Kier molecular flexibility index (Phi) is 4.76. The highest BCUT2D eigenvalue weighted by Gasteiger charge is 2.16. The van der Waals surface area contributed by atoms with Gasteiger partial charge < -0.3 is 5.32 Å². The molecule has 0 spiro atoms. The molecule has 0 aliphatic heterocycles. The predicted molar refractivity (Wildman–Crippen MR) is 83.4 cm³/mol. The normalized spacial score (nSPS) is 12.7. The van der Waals surface area contributed by atoms with Gasteiger partial charge in [-0.2, -0.15) is 0 Å². The largest absolute Gasteiger partial charge is 0.312 e. The molecule has 0 aliphatic carbocycles. The van der Waals surface area contributed by atoms with Crippen molar-refractivity contribution in [2.24, 2.45) is 0 Å². The first kappa shape index (κ1) is 14.7. The quantitative estimate of drug-likeness (QED) is 0.844. The molecule has 0 fully saturated rings. The van der Waals surface area contributed by atoms with Crippen LogP contribution in [0.2, 0.25) is 0 Å². The third-order valence-corrected chi connectivity index (χ3v) is 5.07. The predicted octanol–water partition coefficient (Wildman–Crippen LogP) is 4.77. The molecule has 4 heteroatoms. The molecule has 1 heterocycles. The summed E-state index contributed by atoms with van der Waals surface area (Å²) < 4.78 is 14.7. The van der Waals surface area contributed by atoms with Crippen LogP contribution in [0.3, 0.4) is 0 Å². The molecule has 1 unspecified atom stereocenters. The van der Waals surface area contributed by atoms with Crippen molar-refractivity contribution in [1.29, 1.82) is 0 Å². The van der Waals surface area contributed by atoms with E-state index in [1.165, 1.54) is 21.4 Å². The third-order valence-electron chi connectivity index (χ3n) is 3.31. The van der Waals surface area contributed by atoms with E-state index in [2.05, 4.69) is 41.2 Å². The van der Waals surface area contributed by atoms with Crippen LogP contribution in [0.1, 0.15) is 26.9 Å². The maximum Gasteiger partial charge on any atom is 0.126 e. The number of hydrogen-bond donors (Lipinski definition) is 1. The molecule has 2 aromatic rings. The summed E-state index contributed by atoms with van der Waals surface area (Å²) in [4.78, 5) is 2.59. The van der Waals surface area contributed by atoms with Gasteiger partial charge in [0.2, 0.25) is 0 Å². The van der Waals surface area contributed by atoms with Crippen LogP contribution in [0.4, 0.5) is 4.39 Å². The molecule has 0 radical (unpaired) electrons. The highest BCUT2D eigenvalue weighted by molar-refractivity contribution is 9.10. The van der Waals surface area contributed by atoms with Crippen LogP contribution in [0.25, 0.3) is 0 Å². The molecule has 0 bridgehead atoms. The fourth-order valence-electron chi connectivity index (χ4n) is 2.04. The summed E-state index contributed by atoms with van der Waals surface area (Å²) in [5, 5.41) is 3.28. The van der Waals surface area contributed by atoms with E-state index in [1.54, 1.807) is 17.4 Å². The second kappa shape index (κ2) is 6.16. The lowest BCUT2D eigenvalue weighted by Crippen LogP contribution is -2.18. The Morgan fingerprint density at radius 2 is 2.05 bits per heavy atom. The van der Waals surface area contributed by atoms with Crippen LogP contribution in [0, 0.1) is 19.7 Å². The summed E-state index contributed by atoms with van der Waals surface area (Å²) >= 11 is 5.18. The van der Waals surface area contributed by atoms with Crippen LogP contribution in [0.5, 0.6) is 0 Å². The highest BCUT2D eigenvalue weighted by atomic mass is 79.9. The molecular formula is C15H17BrFNS. The van der Waals surface area contributed by atoms with Crippen molar-refractivity contribution in [3.8, 4) is 0 Å². The van der Waals surface area contributed by atoms with Crippen LogP contribution >= 0.6 is 27.3 Å². The Labute approximate surface area is 126 Å². The minimum absolute atomic E-state index is 0.145. The number of halogens is 2. The van der Waals surface area contributed by atoms with Crippen molar-refractivity contribution in [2.75, 3.05) is 7.05 Å². The second-order valence-electron chi connectivity index (χ2n) is 4.67. The van der Waals surface area contributed by atoms with Gasteiger partial charge in [0.25, 0.3) is 0 Å². The van der Waals surface area contributed by atoms with E-state index < -0.39 is 0 Å². The first-order valence-electron chi connectivity index (χ1n) is 6.19. The van der Waals surface area contributed by atoms with Gasteiger partial charge in [-0.15, -0.1) is 11.3 Å². The van der Waals surface area contributed by atoms with Crippen molar-refractivity contribution in [3.63, 3.8) is 0 Å². The van der Waals surface area contributed by atoms with E-state index in [0.29, 0.717) is 6.42 Å². The van der Waals surface area contributed by atoms with Gasteiger partial charge in [0.05, 0.1) is 0 Å². The van der Waals surface area contributed by atoms with Crippen molar-refractivity contribution in [3.05, 3.63) is 55.4 Å². The summed E-state index contributed by atoms with van der Waals surface area (Å²) in [5.41, 5.74) is 2.03. The maximum atomic E-state index is 13.8. The molecule has 1 atom stereocenters. The molecule has 0 saturated heterocycles. The molecule has 1 aromatic carbocycles. The zero-order valence-corrected chi connectivity index (χ0v) is 13.7. The number of rotatable bonds is 4. The Morgan fingerprint density at radius 1 is 1.32 bits per heavy atom. The monoisotopic (exact) mass is 341 g/mol. The van der Waals surface area contributed by atoms with Crippen molar-refractivity contribution < 1.29 is 4.39 Å². The maximum absolute atomic E-state index is 13.8. The molecule has 0 amide bonds. The molecular weight excluding hydrogens is 325 g/mol. The van der Waals surface area contributed by atoms with E-state index in [9.17, 15) is 4.39 Å². The fourth-order valence-corrected chi connectivity index (χ4v) is 3.60. The van der Waals surface area contributed by atoms with Gasteiger partial charge in [0.1, 0.15) is 5.82 Å². The van der Waals surface area contributed by atoms with E-state index in [0.717, 1.165) is 10.0 Å². The third kappa shape index (κ3) is 3.44. The number of thiophene rings is 1. The summed E-state index contributed by atoms with van der Waals surface area (Å²) in [6, 6.07) is 7.44. The number of hydrogen-bond acceptors (Lipinski definition) is 2. The Hall–Kier alpha value is -0.710. The second-order valence-corrected chi connectivity index (χ2v) is 6.87. The lowest BCUT2D eigenvalue weighted by Gasteiger charge is -2.15.